The van der Waals surface area contributed by atoms with Gasteiger partial charge in [0.15, 0.2) is 0 Å². The normalized spacial score (nSPS) is 19.9. The number of nitrogens with zero attached hydrogens (tertiary/aromatic N) is 5. The number of rotatable bonds is 13. The van der Waals surface area contributed by atoms with Crippen molar-refractivity contribution in [3.63, 3.8) is 0 Å². The molecule has 16 heteroatoms. The number of aromatic nitrogens is 2. The highest BCUT2D eigenvalue weighted by molar-refractivity contribution is 6.78. The van der Waals surface area contributed by atoms with Gasteiger partial charge in [0.1, 0.15) is 35.5 Å². The molecule has 5 heterocycles. The summed E-state index contributed by atoms with van der Waals surface area (Å²) in [5.41, 5.74) is 10.8. The Kier molecular flexibility index (Phi) is 18.4. The standard InChI is InChI=1S/C62H91N7O8Si/c1-18-67-51-26-25-43-34-47(51)48(55(67)46-22-19-27-63-53(46)37(2)3)35-62(15,16)36-75-59(73)49-23-20-29-69(65-49)57(71)50(32-42-30-44(43)33-45(31-42)77-78(39(6)7,40(8)9)41(10)11)64-56(70)54(38(4)5)66(17)58(72)52-24-21-28-68(52)60(74)76-61(12,13)14/h19,22,25-27,30-31,33-34,37-41,49-50,52,54,65H,18,20-21,23-24,28-29,32,35-36H2,1-17H3,(H,64,70)/t49-,50-,52+,54-/m0/s1. The molecule has 0 spiro atoms. The molecule has 2 N–H and O–H groups in total. The molecule has 2 aromatic carbocycles. The SMILES string of the molecule is CCn1c(-c2cccnc2C(C)C)c2c3cc(ccc31)-c1cc(cc(O[Si](C(C)C)(C(C)C)C(C)C)c1)C[C@H](NC(=O)[C@H](C(C)C)N(C)C(=O)[C@H]1CCCN1C(=O)OC(C)(C)C)C(=O)N1CCC[C@H](N1)C(=O)OCC(C)(C)C2. The molecule has 2 fully saturated rings. The van der Waals surface area contributed by atoms with Gasteiger partial charge in [-0.25, -0.2) is 10.2 Å². The average Bonchev–Trinajstić information content (AvgIpc) is 4.05. The van der Waals surface area contributed by atoms with E-state index in [1.165, 1.54) is 14.8 Å². The van der Waals surface area contributed by atoms with Crippen molar-refractivity contribution in [1.29, 1.82) is 0 Å². The van der Waals surface area contributed by atoms with E-state index in [1.54, 1.807) is 27.8 Å². The maximum Gasteiger partial charge on any atom is 0.410 e. The number of carbonyl (C=O) groups is 5. The van der Waals surface area contributed by atoms with Crippen LogP contribution in [0.1, 0.15) is 159 Å². The minimum Gasteiger partial charge on any atom is -0.543 e. The van der Waals surface area contributed by atoms with Crippen LogP contribution in [-0.4, -0.2) is 119 Å². The highest BCUT2D eigenvalue weighted by Gasteiger charge is 2.48. The number of cyclic esters (lactones) is 1. The number of fused-ring (bicyclic) bond motifs is 6. The van der Waals surface area contributed by atoms with E-state index < -0.39 is 67.4 Å². The van der Waals surface area contributed by atoms with Gasteiger partial charge >= 0.3 is 12.1 Å². The van der Waals surface area contributed by atoms with Gasteiger partial charge in [-0.15, -0.1) is 0 Å². The molecule has 4 aromatic rings. The number of aryl methyl sites for hydroxylation is 1. The van der Waals surface area contributed by atoms with E-state index in [-0.39, 0.29) is 47.4 Å². The van der Waals surface area contributed by atoms with Crippen LogP contribution in [0.4, 0.5) is 4.79 Å². The molecule has 15 nitrogen and oxygen atoms in total. The molecular formula is C62H91N7O8Si. The molecule has 426 valence electrons. The van der Waals surface area contributed by atoms with Crippen LogP contribution in [0.5, 0.6) is 5.75 Å². The minimum atomic E-state index is -2.55. The van der Waals surface area contributed by atoms with Gasteiger partial charge in [-0.3, -0.25) is 34.1 Å². The van der Waals surface area contributed by atoms with Crippen LogP contribution in [0, 0.1) is 11.3 Å². The number of esters is 1. The molecule has 4 atom stereocenters. The molecule has 0 radical (unpaired) electrons. The van der Waals surface area contributed by atoms with Gasteiger partial charge in [-0.05, 0) is 147 Å². The molecule has 2 aromatic heterocycles. The first-order valence-corrected chi connectivity index (χ1v) is 31.0. The summed E-state index contributed by atoms with van der Waals surface area (Å²) in [7, 11) is -0.955. The number of hydrazine groups is 1. The zero-order chi connectivity index (χ0) is 57.3. The molecule has 3 aliphatic heterocycles. The predicted molar refractivity (Wildman–Crippen MR) is 311 cm³/mol. The summed E-state index contributed by atoms with van der Waals surface area (Å²) in [5, 5.41) is 5.70. The Labute approximate surface area is 466 Å². The summed E-state index contributed by atoms with van der Waals surface area (Å²) < 4.78 is 21.8. The fraction of sp³-hybridized carbons (Fsp3) is 0.613. The molecular weight excluding hydrogens is 999 g/mol. The summed E-state index contributed by atoms with van der Waals surface area (Å²) in [6.45, 7) is 35.0. The molecule has 0 saturated carbocycles. The number of likely N-dealkylation sites (N-methyl/N-ethyl adjacent to an activating group) is 1. The molecule has 3 aliphatic rings. The van der Waals surface area contributed by atoms with Gasteiger partial charge in [0.25, 0.3) is 14.2 Å². The first kappa shape index (κ1) is 59.9. The van der Waals surface area contributed by atoms with Gasteiger partial charge in [0, 0.05) is 61.2 Å². The van der Waals surface area contributed by atoms with Crippen molar-refractivity contribution >= 4 is 49.0 Å². The Morgan fingerprint density at radius 1 is 0.910 bits per heavy atom. The topological polar surface area (TPSA) is 165 Å². The number of likely N-dealkylation sites (tertiary alicyclic amines) is 1. The smallest absolute Gasteiger partial charge is 0.410 e. The van der Waals surface area contributed by atoms with Crippen LogP contribution >= 0.6 is 0 Å². The Hall–Kier alpha value is -5.74. The molecule has 0 unspecified atom stereocenters. The third kappa shape index (κ3) is 12.6. The van der Waals surface area contributed by atoms with Crippen molar-refractivity contribution in [2.75, 3.05) is 26.7 Å². The van der Waals surface area contributed by atoms with Crippen LogP contribution in [0.3, 0.4) is 0 Å². The van der Waals surface area contributed by atoms with Gasteiger partial charge in [-0.2, -0.15) is 0 Å². The highest BCUT2D eigenvalue weighted by Crippen LogP contribution is 2.45. The number of pyridine rings is 1. The summed E-state index contributed by atoms with van der Waals surface area (Å²) in [4.78, 5) is 80.4. The minimum absolute atomic E-state index is 0.0657. The number of hydrogen-bond donors (Lipinski definition) is 2. The summed E-state index contributed by atoms with van der Waals surface area (Å²) in [6, 6.07) is 13.3. The van der Waals surface area contributed by atoms with Crippen LogP contribution in [0.15, 0.2) is 54.7 Å². The molecule has 0 aliphatic carbocycles. The number of ether oxygens (including phenoxy) is 2. The number of benzene rings is 2. The monoisotopic (exact) mass is 1090 g/mol. The second-order valence-corrected chi connectivity index (χ2v) is 31.1. The maximum absolute atomic E-state index is 15.3. The largest absolute Gasteiger partial charge is 0.543 e. The van der Waals surface area contributed by atoms with Crippen LogP contribution in [0.25, 0.3) is 33.3 Å². The zero-order valence-electron chi connectivity index (χ0n) is 50.0. The van der Waals surface area contributed by atoms with Crippen molar-refractivity contribution in [2.24, 2.45) is 11.3 Å². The van der Waals surface area contributed by atoms with E-state index in [0.29, 0.717) is 57.5 Å². The Bertz CT molecular complexity index is 2830. The lowest BCUT2D eigenvalue weighted by Crippen LogP contribution is -2.62. The van der Waals surface area contributed by atoms with Gasteiger partial charge in [-0.1, -0.05) is 95.2 Å². The number of amides is 4. The van der Waals surface area contributed by atoms with E-state index in [4.69, 9.17) is 18.9 Å². The lowest BCUT2D eigenvalue weighted by molar-refractivity contribution is -0.155. The Morgan fingerprint density at radius 3 is 2.22 bits per heavy atom. The number of nitrogens with one attached hydrogen (secondary N) is 2. The van der Waals surface area contributed by atoms with Crippen LogP contribution in [0.2, 0.25) is 16.6 Å². The third-order valence-corrected chi connectivity index (χ3v) is 22.3. The fourth-order valence-corrected chi connectivity index (χ4v) is 18.0. The van der Waals surface area contributed by atoms with Crippen molar-refractivity contribution in [3.8, 4) is 28.1 Å². The first-order chi connectivity index (χ1) is 36.6. The summed E-state index contributed by atoms with van der Waals surface area (Å²) in [5.74, 6) is -1.29. The van der Waals surface area contributed by atoms with Crippen molar-refractivity contribution in [1.82, 2.24) is 35.1 Å². The third-order valence-electron chi connectivity index (χ3n) is 16.3. The first-order valence-electron chi connectivity index (χ1n) is 28.8. The highest BCUT2D eigenvalue weighted by atomic mass is 28.4. The van der Waals surface area contributed by atoms with Crippen LogP contribution in [-0.2, 0) is 48.0 Å². The van der Waals surface area contributed by atoms with Crippen LogP contribution < -0.4 is 15.2 Å². The molecule has 6 bridgehead atoms. The lowest BCUT2D eigenvalue weighted by atomic mass is 9.83. The fourth-order valence-electron chi connectivity index (χ4n) is 12.8. The van der Waals surface area contributed by atoms with Crippen molar-refractivity contribution < 1.29 is 37.9 Å². The maximum atomic E-state index is 15.3. The Balaban J connectivity index is 1.41. The van der Waals surface area contributed by atoms with E-state index in [2.05, 4.69) is 128 Å². The average molecular weight is 1090 g/mol. The molecule has 4 amide bonds. The predicted octanol–water partition coefficient (Wildman–Crippen LogP) is 11.6. The quantitative estimate of drug-likeness (QED) is 0.0972. The second-order valence-electron chi connectivity index (χ2n) is 25.7. The van der Waals surface area contributed by atoms with E-state index in [9.17, 15) is 14.4 Å². The summed E-state index contributed by atoms with van der Waals surface area (Å²) in [6.07, 6.45) is 3.96. The second kappa shape index (κ2) is 23.9. The molecule has 7 rings (SSSR count). The van der Waals surface area contributed by atoms with Gasteiger partial charge < -0.3 is 28.7 Å². The van der Waals surface area contributed by atoms with Gasteiger partial charge in [0.2, 0.25) is 11.8 Å². The summed E-state index contributed by atoms with van der Waals surface area (Å²) >= 11 is 0. The van der Waals surface area contributed by atoms with E-state index in [1.807, 2.05) is 32.2 Å². The van der Waals surface area contributed by atoms with Gasteiger partial charge in [0.05, 0.1) is 18.0 Å². The zero-order valence-corrected chi connectivity index (χ0v) is 51.0. The molecule has 2 saturated heterocycles. The lowest BCUT2D eigenvalue weighted by Gasteiger charge is -2.42. The Morgan fingerprint density at radius 2 is 1.59 bits per heavy atom. The van der Waals surface area contributed by atoms with Crippen molar-refractivity contribution in [2.45, 2.75) is 208 Å². The number of hydrogen-bond acceptors (Lipinski definition) is 10. The van der Waals surface area contributed by atoms with Crippen molar-refractivity contribution in [3.05, 3.63) is 71.5 Å². The number of carbonyl (C=O) groups excluding carboxylic acids is 5. The van der Waals surface area contributed by atoms with E-state index >= 15 is 9.59 Å². The molecule has 78 heavy (non-hydrogen) atoms. The van der Waals surface area contributed by atoms with E-state index in [0.717, 1.165) is 50.1 Å².